The second kappa shape index (κ2) is 4.97. The molecule has 0 saturated carbocycles. The molecule has 0 unspecified atom stereocenters. The Morgan fingerprint density at radius 1 is 1.15 bits per heavy atom. The van der Waals surface area contributed by atoms with Crippen molar-refractivity contribution in [3.05, 3.63) is 57.6 Å². The number of fused-ring (bicyclic) bond motifs is 1. The van der Waals surface area contributed by atoms with E-state index < -0.39 is 0 Å². The van der Waals surface area contributed by atoms with E-state index in [1.54, 1.807) is 18.2 Å². The summed E-state index contributed by atoms with van der Waals surface area (Å²) in [5, 5.41) is 2.03. The quantitative estimate of drug-likeness (QED) is 0.643. The van der Waals surface area contributed by atoms with Crippen LogP contribution in [0.15, 0.2) is 36.4 Å². The van der Waals surface area contributed by atoms with E-state index in [2.05, 4.69) is 4.98 Å². The van der Waals surface area contributed by atoms with Crippen LogP contribution in [0.2, 0.25) is 10.0 Å². The second-order valence-electron chi connectivity index (χ2n) is 4.65. The molecule has 0 amide bonds. The summed E-state index contributed by atoms with van der Waals surface area (Å²) < 4.78 is 0. The highest BCUT2D eigenvalue weighted by molar-refractivity contribution is 6.35. The lowest BCUT2D eigenvalue weighted by Crippen LogP contribution is -1.86. The van der Waals surface area contributed by atoms with Gasteiger partial charge < -0.3 is 4.98 Å². The molecule has 0 aliphatic heterocycles. The van der Waals surface area contributed by atoms with Crippen LogP contribution in [-0.4, -0.2) is 11.3 Å². The van der Waals surface area contributed by atoms with E-state index in [4.69, 9.17) is 23.2 Å². The summed E-state index contributed by atoms with van der Waals surface area (Å²) in [5.41, 5.74) is 4.07. The van der Waals surface area contributed by atoms with Gasteiger partial charge in [0.05, 0.1) is 10.7 Å². The number of aryl methyl sites for hydroxylation is 1. The molecule has 3 rings (SSSR count). The summed E-state index contributed by atoms with van der Waals surface area (Å²) in [6.07, 6.45) is 0.852. The van der Waals surface area contributed by atoms with Gasteiger partial charge in [0.1, 0.15) is 0 Å². The summed E-state index contributed by atoms with van der Waals surface area (Å²) in [6.45, 7) is 2.00. The molecule has 2 nitrogen and oxygen atoms in total. The van der Waals surface area contributed by atoms with E-state index in [1.165, 1.54) is 0 Å². The number of hydrogen-bond donors (Lipinski definition) is 1. The van der Waals surface area contributed by atoms with Gasteiger partial charge in [0.2, 0.25) is 0 Å². The van der Waals surface area contributed by atoms with Crippen molar-refractivity contribution in [3.8, 4) is 11.3 Å². The third kappa shape index (κ3) is 2.01. The Morgan fingerprint density at radius 3 is 2.70 bits per heavy atom. The molecule has 0 atom stereocenters. The van der Waals surface area contributed by atoms with Gasteiger partial charge in [-0.1, -0.05) is 41.4 Å². The third-order valence-electron chi connectivity index (χ3n) is 3.40. The molecule has 2 aromatic carbocycles. The number of aldehydes is 1. The van der Waals surface area contributed by atoms with Crippen molar-refractivity contribution in [3.63, 3.8) is 0 Å². The minimum Gasteiger partial charge on any atom is -0.354 e. The van der Waals surface area contributed by atoms with Gasteiger partial charge >= 0.3 is 0 Å². The molecule has 4 heteroatoms. The van der Waals surface area contributed by atoms with Gasteiger partial charge in [-0.15, -0.1) is 0 Å². The van der Waals surface area contributed by atoms with Crippen LogP contribution in [0.1, 0.15) is 15.9 Å². The predicted molar refractivity (Wildman–Crippen MR) is 83.9 cm³/mol. The average molecular weight is 304 g/mol. The van der Waals surface area contributed by atoms with E-state index in [0.717, 1.165) is 28.3 Å². The summed E-state index contributed by atoms with van der Waals surface area (Å²) in [4.78, 5) is 14.8. The van der Waals surface area contributed by atoms with Crippen LogP contribution in [0.4, 0.5) is 0 Å². The third-order valence-corrected chi connectivity index (χ3v) is 3.96. The Bertz CT molecular complexity index is 821. The zero-order valence-electron chi connectivity index (χ0n) is 10.7. The van der Waals surface area contributed by atoms with E-state index in [0.29, 0.717) is 21.3 Å². The van der Waals surface area contributed by atoms with Crippen LogP contribution in [0, 0.1) is 6.92 Å². The fourth-order valence-electron chi connectivity index (χ4n) is 2.41. The molecule has 0 bridgehead atoms. The minimum atomic E-state index is 0.557. The van der Waals surface area contributed by atoms with Crippen LogP contribution in [0.5, 0.6) is 0 Å². The van der Waals surface area contributed by atoms with Crippen molar-refractivity contribution in [1.29, 1.82) is 0 Å². The van der Waals surface area contributed by atoms with Crippen LogP contribution >= 0.6 is 23.2 Å². The van der Waals surface area contributed by atoms with E-state index >= 15 is 0 Å². The molecule has 0 radical (unpaired) electrons. The SMILES string of the molecule is Cc1cccc2c(C=O)c(-c3cc(Cl)ccc3Cl)[nH]c12. The number of carbonyl (C=O) groups excluding carboxylic acids is 1. The molecular weight excluding hydrogens is 293 g/mol. The Morgan fingerprint density at radius 2 is 1.95 bits per heavy atom. The number of rotatable bonds is 2. The Balaban J connectivity index is 2.39. The molecule has 0 aliphatic rings. The van der Waals surface area contributed by atoms with Crippen LogP contribution in [-0.2, 0) is 0 Å². The number of nitrogens with one attached hydrogen (secondary N) is 1. The van der Waals surface area contributed by atoms with Gasteiger partial charge in [-0.05, 0) is 30.7 Å². The number of carbonyl (C=O) groups is 1. The minimum absolute atomic E-state index is 0.557. The molecule has 1 aromatic heterocycles. The number of hydrogen-bond acceptors (Lipinski definition) is 1. The average Bonchev–Trinajstić information content (AvgIpc) is 2.81. The predicted octanol–water partition coefficient (Wildman–Crippen LogP) is 5.26. The first kappa shape index (κ1) is 13.2. The number of aromatic amines is 1. The summed E-state index contributed by atoms with van der Waals surface area (Å²) in [5.74, 6) is 0. The highest BCUT2D eigenvalue weighted by Gasteiger charge is 2.16. The first-order chi connectivity index (χ1) is 9.61. The highest BCUT2D eigenvalue weighted by Crippen LogP contribution is 2.35. The van der Waals surface area contributed by atoms with Gasteiger partial charge in [-0.2, -0.15) is 0 Å². The van der Waals surface area contributed by atoms with Gasteiger partial charge in [0.15, 0.2) is 6.29 Å². The van der Waals surface area contributed by atoms with E-state index in [1.807, 2.05) is 25.1 Å². The van der Waals surface area contributed by atoms with Gasteiger partial charge in [-0.3, -0.25) is 4.79 Å². The second-order valence-corrected chi connectivity index (χ2v) is 5.50. The Kier molecular flexibility index (Phi) is 3.28. The first-order valence-corrected chi connectivity index (χ1v) is 6.89. The monoisotopic (exact) mass is 303 g/mol. The maximum atomic E-state index is 11.5. The molecule has 100 valence electrons. The Labute approximate surface area is 126 Å². The van der Waals surface area contributed by atoms with Crippen molar-refractivity contribution in [2.45, 2.75) is 6.92 Å². The van der Waals surface area contributed by atoms with Crippen molar-refractivity contribution >= 4 is 40.4 Å². The molecule has 0 aliphatic carbocycles. The normalized spacial score (nSPS) is 10.9. The van der Waals surface area contributed by atoms with Crippen molar-refractivity contribution < 1.29 is 4.79 Å². The lowest BCUT2D eigenvalue weighted by atomic mass is 10.1. The fourth-order valence-corrected chi connectivity index (χ4v) is 2.79. The highest BCUT2D eigenvalue weighted by atomic mass is 35.5. The molecule has 1 heterocycles. The van der Waals surface area contributed by atoms with Gasteiger partial charge in [-0.25, -0.2) is 0 Å². The summed E-state index contributed by atoms with van der Waals surface area (Å²) in [6, 6.07) is 11.1. The molecule has 0 fully saturated rings. The van der Waals surface area contributed by atoms with Crippen LogP contribution in [0.3, 0.4) is 0 Å². The molecule has 1 N–H and O–H groups in total. The van der Waals surface area contributed by atoms with Crippen molar-refractivity contribution in [2.24, 2.45) is 0 Å². The Hall–Kier alpha value is -1.77. The number of benzene rings is 2. The number of para-hydroxylation sites is 1. The van der Waals surface area contributed by atoms with E-state index in [-0.39, 0.29) is 0 Å². The smallest absolute Gasteiger partial charge is 0.152 e. The molecule has 0 saturated heterocycles. The molecule has 0 spiro atoms. The van der Waals surface area contributed by atoms with Crippen molar-refractivity contribution in [2.75, 3.05) is 0 Å². The zero-order valence-corrected chi connectivity index (χ0v) is 12.2. The zero-order chi connectivity index (χ0) is 14.3. The molecule has 3 aromatic rings. The summed E-state index contributed by atoms with van der Waals surface area (Å²) >= 11 is 12.3. The fraction of sp³-hybridized carbons (Fsp3) is 0.0625. The summed E-state index contributed by atoms with van der Waals surface area (Å²) in [7, 11) is 0. The van der Waals surface area contributed by atoms with Crippen LogP contribution < -0.4 is 0 Å². The van der Waals surface area contributed by atoms with Crippen molar-refractivity contribution in [1.82, 2.24) is 4.98 Å². The lowest BCUT2D eigenvalue weighted by Gasteiger charge is -2.04. The van der Waals surface area contributed by atoms with Gasteiger partial charge in [0.25, 0.3) is 0 Å². The largest absolute Gasteiger partial charge is 0.354 e. The van der Waals surface area contributed by atoms with E-state index in [9.17, 15) is 4.79 Å². The standard InChI is InChI=1S/C16H11Cl2NO/c1-9-3-2-4-11-13(8-20)16(19-15(9)11)12-7-10(17)5-6-14(12)18/h2-8,19H,1H3. The number of halogens is 2. The molecule has 20 heavy (non-hydrogen) atoms. The molecular formula is C16H11Cl2NO. The van der Waals surface area contributed by atoms with Crippen LogP contribution in [0.25, 0.3) is 22.2 Å². The topological polar surface area (TPSA) is 32.9 Å². The first-order valence-electron chi connectivity index (χ1n) is 6.13. The number of H-pyrrole nitrogens is 1. The lowest BCUT2D eigenvalue weighted by molar-refractivity contribution is 0.112. The maximum Gasteiger partial charge on any atom is 0.152 e. The van der Waals surface area contributed by atoms with Gasteiger partial charge in [0, 0.05) is 27.1 Å². The number of aromatic nitrogens is 1. The maximum absolute atomic E-state index is 11.5.